The average molecular weight is 497 g/mol. The van der Waals surface area contributed by atoms with Gasteiger partial charge in [0.2, 0.25) is 5.82 Å². The molecule has 194 valence electrons. The summed E-state index contributed by atoms with van der Waals surface area (Å²) >= 11 is 0. The van der Waals surface area contributed by atoms with Crippen LogP contribution in [0.3, 0.4) is 0 Å². The van der Waals surface area contributed by atoms with Crippen molar-refractivity contribution < 1.29 is 13.9 Å². The lowest BCUT2D eigenvalue weighted by Crippen LogP contribution is -2.51. The fourth-order valence-corrected chi connectivity index (χ4v) is 5.04. The number of hydrogen-bond donors (Lipinski definition) is 1. The number of ether oxygens (including phenoxy) is 1. The van der Waals surface area contributed by atoms with E-state index in [1.165, 1.54) is 18.5 Å². The predicted molar refractivity (Wildman–Crippen MR) is 137 cm³/mol. The third kappa shape index (κ3) is 6.56. The van der Waals surface area contributed by atoms with E-state index in [9.17, 15) is 9.18 Å². The molecule has 0 bridgehead atoms. The van der Waals surface area contributed by atoms with Gasteiger partial charge in [0.15, 0.2) is 0 Å². The minimum atomic E-state index is -0.256. The SMILES string of the molecule is COCCCCNC(=O)N(CC1(C)CCC(c2cccc(F)c2)(N(C)C)CC1)c1cnc(C#N)nc1. The number of nitriles is 1. The van der Waals surface area contributed by atoms with Crippen LogP contribution in [-0.2, 0) is 10.3 Å². The maximum atomic E-state index is 14.1. The summed E-state index contributed by atoms with van der Waals surface area (Å²) < 4.78 is 19.2. The number of anilines is 1. The molecule has 8 nitrogen and oxygen atoms in total. The highest BCUT2D eigenvalue weighted by atomic mass is 19.1. The molecular weight excluding hydrogens is 459 g/mol. The molecule has 1 saturated carbocycles. The Morgan fingerprint density at radius 2 is 1.89 bits per heavy atom. The second-order valence-electron chi connectivity index (χ2n) is 10.1. The van der Waals surface area contributed by atoms with E-state index in [1.54, 1.807) is 24.1 Å². The van der Waals surface area contributed by atoms with E-state index in [2.05, 4.69) is 27.1 Å². The van der Waals surface area contributed by atoms with Crippen LogP contribution in [0.15, 0.2) is 36.7 Å². The summed E-state index contributed by atoms with van der Waals surface area (Å²) in [5.74, 6) is -0.162. The Kier molecular flexibility index (Phi) is 9.35. The first-order chi connectivity index (χ1) is 17.2. The second kappa shape index (κ2) is 12.2. The zero-order valence-electron chi connectivity index (χ0n) is 21.8. The van der Waals surface area contributed by atoms with Gasteiger partial charge in [-0.25, -0.2) is 19.2 Å². The van der Waals surface area contributed by atoms with E-state index in [1.807, 2.05) is 26.2 Å². The maximum Gasteiger partial charge on any atom is 0.321 e. The molecular formula is C27H37FN6O2. The summed E-state index contributed by atoms with van der Waals surface area (Å²) in [6, 6.07) is 8.60. The van der Waals surface area contributed by atoms with Gasteiger partial charge in [-0.15, -0.1) is 0 Å². The Balaban J connectivity index is 1.77. The van der Waals surface area contributed by atoms with Gasteiger partial charge in [0, 0.05) is 32.3 Å². The van der Waals surface area contributed by atoms with Crippen LogP contribution in [0, 0.1) is 22.6 Å². The third-order valence-electron chi connectivity index (χ3n) is 7.39. The lowest BCUT2D eigenvalue weighted by atomic mass is 9.65. The van der Waals surface area contributed by atoms with Crippen LogP contribution < -0.4 is 10.2 Å². The molecule has 1 N–H and O–H groups in total. The molecule has 0 aliphatic heterocycles. The van der Waals surface area contributed by atoms with Gasteiger partial charge >= 0.3 is 6.03 Å². The summed E-state index contributed by atoms with van der Waals surface area (Å²) in [6.07, 6.45) is 8.13. The number of urea groups is 1. The highest BCUT2D eigenvalue weighted by Gasteiger charge is 2.44. The summed E-state index contributed by atoms with van der Waals surface area (Å²) in [5, 5.41) is 12.1. The van der Waals surface area contributed by atoms with Crippen LogP contribution in [0.25, 0.3) is 0 Å². The van der Waals surface area contributed by atoms with Crippen LogP contribution >= 0.6 is 0 Å². The van der Waals surface area contributed by atoms with Crippen LogP contribution in [0.4, 0.5) is 14.9 Å². The molecule has 2 amide bonds. The first-order valence-corrected chi connectivity index (χ1v) is 12.4. The van der Waals surface area contributed by atoms with Crippen molar-refractivity contribution in [1.29, 1.82) is 5.26 Å². The van der Waals surface area contributed by atoms with Gasteiger partial charge in [-0.2, -0.15) is 5.26 Å². The molecule has 0 unspecified atom stereocenters. The zero-order chi connectivity index (χ0) is 26.2. The fourth-order valence-electron chi connectivity index (χ4n) is 5.04. The largest absolute Gasteiger partial charge is 0.385 e. The molecule has 1 aromatic heterocycles. The van der Waals surface area contributed by atoms with Crippen LogP contribution in [-0.4, -0.2) is 61.8 Å². The highest BCUT2D eigenvalue weighted by molar-refractivity contribution is 5.91. The number of unbranched alkanes of at least 4 members (excludes halogenated alkanes) is 1. The number of carbonyl (C=O) groups is 1. The summed E-state index contributed by atoms with van der Waals surface area (Å²) in [5.41, 5.74) is 1.13. The quantitative estimate of drug-likeness (QED) is 0.488. The minimum absolute atomic E-state index is 0.0633. The monoisotopic (exact) mass is 496 g/mol. The van der Waals surface area contributed by atoms with E-state index >= 15 is 0 Å². The number of nitrogens with zero attached hydrogens (tertiary/aromatic N) is 5. The smallest absolute Gasteiger partial charge is 0.321 e. The molecule has 0 saturated heterocycles. The molecule has 1 heterocycles. The van der Waals surface area contributed by atoms with Gasteiger partial charge in [-0.05, 0) is 75.7 Å². The van der Waals surface area contributed by atoms with E-state index in [-0.39, 0.29) is 28.6 Å². The normalized spacial score (nSPS) is 21.7. The maximum absolute atomic E-state index is 14.1. The molecule has 1 fully saturated rings. The van der Waals surface area contributed by atoms with Crippen molar-refractivity contribution in [3.63, 3.8) is 0 Å². The number of benzene rings is 1. The Morgan fingerprint density at radius 1 is 1.19 bits per heavy atom. The molecule has 36 heavy (non-hydrogen) atoms. The minimum Gasteiger partial charge on any atom is -0.385 e. The number of rotatable bonds is 10. The van der Waals surface area contributed by atoms with E-state index in [4.69, 9.17) is 10.00 Å². The van der Waals surface area contributed by atoms with Gasteiger partial charge in [-0.3, -0.25) is 9.80 Å². The van der Waals surface area contributed by atoms with Gasteiger partial charge in [0.05, 0.1) is 18.1 Å². The van der Waals surface area contributed by atoms with Gasteiger partial charge in [0.1, 0.15) is 11.9 Å². The lowest BCUT2D eigenvalue weighted by Gasteiger charge is -2.50. The number of carbonyl (C=O) groups excluding carboxylic acids is 1. The lowest BCUT2D eigenvalue weighted by molar-refractivity contribution is 0.0456. The molecule has 3 rings (SSSR count). The standard InChI is InChI=1S/C27H37FN6O2/c1-26(10-12-27(13-11-26,33(2)3)21-8-7-9-22(28)16-21)20-34(23-18-31-24(17-29)32-19-23)25(35)30-14-5-6-15-36-4/h7-9,16,18-19H,5-6,10-15,20H2,1-4H3,(H,30,35). The van der Waals surface area contributed by atoms with Gasteiger partial charge < -0.3 is 10.1 Å². The summed E-state index contributed by atoms with van der Waals surface area (Å²) in [7, 11) is 5.76. The number of methoxy groups -OCH3 is 1. The molecule has 9 heteroatoms. The van der Waals surface area contributed by atoms with E-state index in [0.717, 1.165) is 44.1 Å². The van der Waals surface area contributed by atoms with E-state index < -0.39 is 0 Å². The van der Waals surface area contributed by atoms with Crippen molar-refractivity contribution in [1.82, 2.24) is 20.2 Å². The van der Waals surface area contributed by atoms with Crippen molar-refractivity contribution in [2.45, 2.75) is 51.0 Å². The van der Waals surface area contributed by atoms with Crippen LogP contribution in [0.2, 0.25) is 0 Å². The Hall–Kier alpha value is -3.09. The Labute approximate surface area is 213 Å². The van der Waals surface area contributed by atoms with Crippen LogP contribution in [0.1, 0.15) is 56.8 Å². The van der Waals surface area contributed by atoms with Crippen molar-refractivity contribution in [3.8, 4) is 6.07 Å². The number of hydrogen-bond acceptors (Lipinski definition) is 6. The second-order valence-corrected chi connectivity index (χ2v) is 10.1. The number of halogens is 1. The van der Waals surface area contributed by atoms with E-state index in [0.29, 0.717) is 25.4 Å². The van der Waals surface area contributed by atoms with Gasteiger partial charge in [0.25, 0.3) is 0 Å². The van der Waals surface area contributed by atoms with Crippen LogP contribution in [0.5, 0.6) is 0 Å². The van der Waals surface area contributed by atoms with Crippen molar-refractivity contribution >= 4 is 11.7 Å². The Bertz CT molecular complexity index is 1040. The highest BCUT2D eigenvalue weighted by Crippen LogP contribution is 2.48. The summed E-state index contributed by atoms with van der Waals surface area (Å²) in [4.78, 5) is 25.3. The fraction of sp³-hybridized carbons (Fsp3) is 0.556. The molecule has 0 atom stereocenters. The topological polar surface area (TPSA) is 94.4 Å². The number of amides is 2. The molecule has 0 radical (unpaired) electrons. The molecule has 1 aliphatic carbocycles. The molecule has 1 aliphatic rings. The number of aromatic nitrogens is 2. The molecule has 2 aromatic rings. The van der Waals surface area contributed by atoms with Crippen molar-refractivity contribution in [2.24, 2.45) is 5.41 Å². The predicted octanol–water partition coefficient (Wildman–Crippen LogP) is 4.47. The zero-order valence-corrected chi connectivity index (χ0v) is 21.8. The summed E-state index contributed by atoms with van der Waals surface area (Å²) in [6.45, 7) is 3.87. The molecule has 1 aromatic carbocycles. The average Bonchev–Trinajstić information content (AvgIpc) is 2.87. The third-order valence-corrected chi connectivity index (χ3v) is 7.39. The number of nitrogens with one attached hydrogen (secondary N) is 1. The first-order valence-electron chi connectivity index (χ1n) is 12.4. The van der Waals surface area contributed by atoms with Gasteiger partial charge in [-0.1, -0.05) is 19.1 Å². The first kappa shape index (κ1) is 27.5. The Morgan fingerprint density at radius 3 is 2.47 bits per heavy atom. The van der Waals surface area contributed by atoms with Crippen molar-refractivity contribution in [2.75, 3.05) is 45.8 Å². The van der Waals surface area contributed by atoms with Crippen molar-refractivity contribution in [3.05, 3.63) is 53.9 Å². The molecule has 0 spiro atoms.